The maximum atomic E-state index is 12.6. The summed E-state index contributed by atoms with van der Waals surface area (Å²) < 4.78 is 39.0. The van der Waals surface area contributed by atoms with E-state index in [2.05, 4.69) is 20.9 Å². The van der Waals surface area contributed by atoms with Crippen LogP contribution in [0, 0.1) is 0 Å². The van der Waals surface area contributed by atoms with E-state index in [0.29, 0.717) is 5.56 Å². The van der Waals surface area contributed by atoms with E-state index in [1.807, 2.05) is 0 Å². The number of nitrogens with zero attached hydrogens (tertiary/aromatic N) is 2. The summed E-state index contributed by atoms with van der Waals surface area (Å²) in [4.78, 5) is 15.6. The van der Waals surface area contributed by atoms with Crippen LogP contribution >= 0.6 is 27.5 Å². The molecule has 0 radical (unpaired) electrons. The highest BCUT2D eigenvalue weighted by Crippen LogP contribution is 2.29. The van der Waals surface area contributed by atoms with Crippen molar-refractivity contribution in [3.8, 4) is 0 Å². The van der Waals surface area contributed by atoms with Crippen LogP contribution in [-0.4, -0.2) is 9.55 Å². The van der Waals surface area contributed by atoms with Gasteiger partial charge in [-0.05, 0) is 33.6 Å². The van der Waals surface area contributed by atoms with E-state index in [1.54, 1.807) is 0 Å². The highest BCUT2D eigenvalue weighted by Gasteiger charge is 2.30. The van der Waals surface area contributed by atoms with E-state index < -0.39 is 17.3 Å². The SMILES string of the molecule is O=c1c(Br)c(Cl)ncn1Cc1cccc(C(F)(F)F)c1. The van der Waals surface area contributed by atoms with Gasteiger partial charge < -0.3 is 0 Å². The standard InChI is InChI=1S/C12H7BrClF3N2O/c13-9-10(14)18-6-19(11(9)20)5-7-2-1-3-8(4-7)12(15,16)17/h1-4,6H,5H2. The Bertz CT molecular complexity index is 700. The van der Waals surface area contributed by atoms with Crippen molar-refractivity contribution in [2.24, 2.45) is 0 Å². The second-order valence-corrected chi connectivity index (χ2v) is 5.13. The molecule has 1 aromatic carbocycles. The maximum Gasteiger partial charge on any atom is 0.416 e. The van der Waals surface area contributed by atoms with Gasteiger partial charge in [-0.1, -0.05) is 23.7 Å². The number of rotatable bonds is 2. The predicted molar refractivity (Wildman–Crippen MR) is 71.8 cm³/mol. The molecule has 0 bridgehead atoms. The van der Waals surface area contributed by atoms with E-state index in [9.17, 15) is 18.0 Å². The molecule has 106 valence electrons. The van der Waals surface area contributed by atoms with Gasteiger partial charge in [-0.25, -0.2) is 4.98 Å². The zero-order valence-electron chi connectivity index (χ0n) is 9.79. The van der Waals surface area contributed by atoms with E-state index in [-0.39, 0.29) is 16.2 Å². The van der Waals surface area contributed by atoms with Gasteiger partial charge in [0, 0.05) is 0 Å². The minimum Gasteiger partial charge on any atom is -0.294 e. The first-order valence-corrected chi connectivity index (χ1v) is 6.52. The molecule has 1 heterocycles. The van der Waals surface area contributed by atoms with Gasteiger partial charge in [-0.2, -0.15) is 13.2 Å². The molecule has 0 atom stereocenters. The minimum absolute atomic E-state index is 0.00953. The fourth-order valence-electron chi connectivity index (χ4n) is 1.60. The molecule has 0 aliphatic rings. The molecule has 0 saturated heterocycles. The van der Waals surface area contributed by atoms with Gasteiger partial charge in [0.15, 0.2) is 5.15 Å². The lowest BCUT2D eigenvalue weighted by Gasteiger charge is -2.10. The lowest BCUT2D eigenvalue weighted by atomic mass is 10.1. The van der Waals surface area contributed by atoms with Gasteiger partial charge in [0.05, 0.1) is 18.4 Å². The molecule has 0 aliphatic heterocycles. The monoisotopic (exact) mass is 366 g/mol. The first kappa shape index (κ1) is 15.1. The van der Waals surface area contributed by atoms with Crippen LogP contribution in [-0.2, 0) is 12.7 Å². The summed E-state index contributed by atoms with van der Waals surface area (Å²) in [5.74, 6) is 0. The zero-order valence-corrected chi connectivity index (χ0v) is 12.1. The van der Waals surface area contributed by atoms with Crippen LogP contribution in [0.2, 0.25) is 5.15 Å². The quantitative estimate of drug-likeness (QED) is 0.758. The Morgan fingerprint density at radius 3 is 2.70 bits per heavy atom. The topological polar surface area (TPSA) is 34.9 Å². The molecular weight excluding hydrogens is 360 g/mol. The van der Waals surface area contributed by atoms with Crippen LogP contribution in [0.25, 0.3) is 0 Å². The molecule has 0 saturated carbocycles. The molecule has 0 unspecified atom stereocenters. The van der Waals surface area contributed by atoms with Crippen molar-refractivity contribution >= 4 is 27.5 Å². The van der Waals surface area contributed by atoms with Crippen LogP contribution in [0.1, 0.15) is 11.1 Å². The molecule has 0 spiro atoms. The molecule has 0 N–H and O–H groups in total. The molecule has 1 aromatic heterocycles. The lowest BCUT2D eigenvalue weighted by molar-refractivity contribution is -0.137. The van der Waals surface area contributed by atoms with Crippen molar-refractivity contribution in [1.82, 2.24) is 9.55 Å². The smallest absolute Gasteiger partial charge is 0.294 e. The molecule has 3 nitrogen and oxygen atoms in total. The lowest BCUT2D eigenvalue weighted by Crippen LogP contribution is -2.22. The van der Waals surface area contributed by atoms with Crippen LogP contribution in [0.5, 0.6) is 0 Å². The fourth-order valence-corrected chi connectivity index (χ4v) is 2.05. The number of halogens is 5. The first-order valence-electron chi connectivity index (χ1n) is 5.35. The Morgan fingerprint density at radius 1 is 1.35 bits per heavy atom. The highest BCUT2D eigenvalue weighted by molar-refractivity contribution is 9.10. The Labute approximate surface area is 125 Å². The number of hydrogen-bond acceptors (Lipinski definition) is 2. The van der Waals surface area contributed by atoms with Gasteiger partial charge in [-0.15, -0.1) is 0 Å². The summed E-state index contributed by atoms with van der Waals surface area (Å²) in [7, 11) is 0. The summed E-state index contributed by atoms with van der Waals surface area (Å²) in [6.07, 6.45) is -3.23. The van der Waals surface area contributed by atoms with E-state index in [0.717, 1.165) is 12.1 Å². The van der Waals surface area contributed by atoms with Gasteiger partial charge in [0.25, 0.3) is 5.56 Å². The number of benzene rings is 1. The third kappa shape index (κ3) is 3.21. The fraction of sp³-hybridized carbons (Fsp3) is 0.167. The second-order valence-electron chi connectivity index (χ2n) is 3.98. The van der Waals surface area contributed by atoms with Gasteiger partial charge in [-0.3, -0.25) is 9.36 Å². The average molecular weight is 368 g/mol. The largest absolute Gasteiger partial charge is 0.416 e. The Morgan fingerprint density at radius 2 is 2.05 bits per heavy atom. The van der Waals surface area contributed by atoms with Crippen molar-refractivity contribution < 1.29 is 13.2 Å². The average Bonchev–Trinajstić information content (AvgIpc) is 2.39. The van der Waals surface area contributed by atoms with Crippen LogP contribution < -0.4 is 5.56 Å². The number of hydrogen-bond donors (Lipinski definition) is 0. The number of alkyl halides is 3. The number of aromatic nitrogens is 2. The maximum absolute atomic E-state index is 12.6. The summed E-state index contributed by atoms with van der Waals surface area (Å²) >= 11 is 8.64. The summed E-state index contributed by atoms with van der Waals surface area (Å²) in [6.45, 7) is -0.0223. The summed E-state index contributed by atoms with van der Waals surface area (Å²) in [6, 6.07) is 4.77. The molecule has 2 aromatic rings. The molecule has 2 rings (SSSR count). The third-order valence-corrected chi connectivity index (χ3v) is 3.78. The van der Waals surface area contributed by atoms with Crippen molar-refractivity contribution in [2.45, 2.75) is 12.7 Å². The van der Waals surface area contributed by atoms with Crippen LogP contribution in [0.15, 0.2) is 39.9 Å². The van der Waals surface area contributed by atoms with E-state index >= 15 is 0 Å². The molecule has 0 amide bonds. The van der Waals surface area contributed by atoms with E-state index in [1.165, 1.54) is 23.0 Å². The third-order valence-electron chi connectivity index (χ3n) is 2.55. The van der Waals surface area contributed by atoms with Crippen molar-refractivity contribution in [2.75, 3.05) is 0 Å². The predicted octanol–water partition coefficient (Wildman–Crippen LogP) is 3.73. The second kappa shape index (κ2) is 5.57. The Balaban J connectivity index is 2.36. The molecule has 20 heavy (non-hydrogen) atoms. The zero-order chi connectivity index (χ0) is 14.9. The van der Waals surface area contributed by atoms with Gasteiger partial charge >= 0.3 is 6.18 Å². The normalized spacial score (nSPS) is 11.7. The summed E-state index contributed by atoms with van der Waals surface area (Å²) in [5, 5.41) is 0.00953. The molecular formula is C12H7BrClF3N2O. The molecule has 0 aliphatic carbocycles. The van der Waals surface area contributed by atoms with Crippen molar-refractivity contribution in [1.29, 1.82) is 0 Å². The van der Waals surface area contributed by atoms with Crippen LogP contribution in [0.4, 0.5) is 13.2 Å². The van der Waals surface area contributed by atoms with E-state index in [4.69, 9.17) is 11.6 Å². The molecule has 0 fully saturated rings. The van der Waals surface area contributed by atoms with Crippen molar-refractivity contribution in [3.63, 3.8) is 0 Å². The first-order chi connectivity index (χ1) is 9.29. The van der Waals surface area contributed by atoms with Crippen molar-refractivity contribution in [3.05, 3.63) is 61.7 Å². The van der Waals surface area contributed by atoms with Crippen LogP contribution in [0.3, 0.4) is 0 Å². The highest BCUT2D eigenvalue weighted by atomic mass is 79.9. The van der Waals surface area contributed by atoms with Gasteiger partial charge in [0.2, 0.25) is 0 Å². The Kier molecular flexibility index (Phi) is 4.19. The Hall–Kier alpha value is -1.34. The van der Waals surface area contributed by atoms with Gasteiger partial charge in [0.1, 0.15) is 4.47 Å². The summed E-state index contributed by atoms with van der Waals surface area (Å²) in [5.41, 5.74) is -0.871. The molecule has 8 heteroatoms. The minimum atomic E-state index is -4.42.